The van der Waals surface area contributed by atoms with Crippen molar-refractivity contribution in [2.45, 2.75) is 26.9 Å². The molecule has 0 amide bonds. The van der Waals surface area contributed by atoms with Crippen LogP contribution in [0.4, 0.5) is 0 Å². The molecule has 0 saturated heterocycles. The van der Waals surface area contributed by atoms with E-state index in [1.165, 1.54) is 11.1 Å². The molecular weight excluding hydrogens is 342 g/mol. The largest absolute Gasteiger partial charge is 0.366 e. The van der Waals surface area contributed by atoms with Gasteiger partial charge in [-0.25, -0.2) is 0 Å². The van der Waals surface area contributed by atoms with Crippen LogP contribution in [0.25, 0.3) is 10.9 Å². The van der Waals surface area contributed by atoms with Crippen LogP contribution in [0, 0.1) is 13.8 Å². The number of benzene rings is 2. The van der Waals surface area contributed by atoms with Crippen molar-refractivity contribution in [1.29, 1.82) is 0 Å². The molecule has 0 atom stereocenters. The summed E-state index contributed by atoms with van der Waals surface area (Å²) in [6, 6.07) is 16.2. The lowest BCUT2D eigenvalue weighted by atomic mass is 10.0. The third-order valence-electron chi connectivity index (χ3n) is 4.61. The number of pyridine rings is 1. The first-order valence-corrected chi connectivity index (χ1v) is 9.02. The normalized spacial score (nSPS) is 10.7. The second-order valence-corrected chi connectivity index (χ2v) is 6.93. The van der Waals surface area contributed by atoms with E-state index >= 15 is 0 Å². The highest BCUT2D eigenvalue weighted by Gasteiger charge is 2.13. The molecule has 0 unspecified atom stereocenters. The van der Waals surface area contributed by atoms with Gasteiger partial charge in [-0.2, -0.15) is 0 Å². The number of nitrogens with one attached hydrogen (secondary N) is 2. The minimum atomic E-state index is -0.0716. The first-order chi connectivity index (χ1) is 12.5. The summed E-state index contributed by atoms with van der Waals surface area (Å²) in [7, 11) is 1.80. The van der Waals surface area contributed by atoms with Crippen LogP contribution in [0.2, 0.25) is 0 Å². The number of hydrogen-bond donors (Lipinski definition) is 2. The minimum Gasteiger partial charge on any atom is -0.366 e. The maximum atomic E-state index is 12.6. The fourth-order valence-electron chi connectivity index (χ4n) is 3.01. The van der Waals surface area contributed by atoms with Gasteiger partial charge < -0.3 is 15.2 Å². The molecule has 2 aromatic carbocycles. The summed E-state index contributed by atoms with van der Waals surface area (Å²) < 4.78 is 0. The minimum absolute atomic E-state index is 0.0716. The summed E-state index contributed by atoms with van der Waals surface area (Å²) in [6.07, 6.45) is 0. The Bertz CT molecular complexity index is 995. The number of rotatable bonds is 4. The van der Waals surface area contributed by atoms with Crippen LogP contribution in [0.15, 0.2) is 53.3 Å². The van der Waals surface area contributed by atoms with Crippen LogP contribution in [0.5, 0.6) is 0 Å². The lowest BCUT2D eigenvalue weighted by Crippen LogP contribution is -2.38. The molecule has 2 N–H and O–H groups in total. The zero-order chi connectivity index (χ0) is 18.7. The Morgan fingerprint density at radius 2 is 1.77 bits per heavy atom. The predicted molar refractivity (Wildman–Crippen MR) is 111 cm³/mol. The molecule has 0 spiro atoms. The van der Waals surface area contributed by atoms with Crippen LogP contribution in [-0.2, 0) is 13.1 Å². The molecule has 0 saturated carbocycles. The van der Waals surface area contributed by atoms with Crippen LogP contribution >= 0.6 is 12.2 Å². The Morgan fingerprint density at radius 1 is 1.08 bits per heavy atom. The lowest BCUT2D eigenvalue weighted by Gasteiger charge is -2.25. The van der Waals surface area contributed by atoms with E-state index < -0.39 is 0 Å². The van der Waals surface area contributed by atoms with Crippen molar-refractivity contribution in [3.63, 3.8) is 0 Å². The average Bonchev–Trinajstić information content (AvgIpc) is 2.63. The van der Waals surface area contributed by atoms with Crippen LogP contribution in [0.3, 0.4) is 0 Å². The van der Waals surface area contributed by atoms with Crippen molar-refractivity contribution in [3.8, 4) is 0 Å². The third kappa shape index (κ3) is 3.94. The van der Waals surface area contributed by atoms with Gasteiger partial charge in [-0.15, -0.1) is 0 Å². The average molecular weight is 366 g/mol. The van der Waals surface area contributed by atoms with E-state index in [1.54, 1.807) is 7.05 Å². The SMILES string of the molecule is CNC(=S)N(Cc1ccccc1)Cc1cc2cc(C)c(C)cc2[nH]c1=O. The first kappa shape index (κ1) is 18.1. The molecule has 0 fully saturated rings. The van der Waals surface area contributed by atoms with Crippen molar-refractivity contribution >= 4 is 28.2 Å². The molecule has 26 heavy (non-hydrogen) atoms. The molecule has 0 aliphatic rings. The molecule has 0 radical (unpaired) electrons. The van der Waals surface area contributed by atoms with Gasteiger partial charge in [-0.3, -0.25) is 4.79 Å². The Morgan fingerprint density at radius 3 is 2.46 bits per heavy atom. The maximum absolute atomic E-state index is 12.6. The van der Waals surface area contributed by atoms with E-state index in [9.17, 15) is 4.79 Å². The molecule has 0 bridgehead atoms. The number of thiocarbonyl (C=S) groups is 1. The summed E-state index contributed by atoms with van der Waals surface area (Å²) in [5.74, 6) is 0. The van der Waals surface area contributed by atoms with Gasteiger partial charge in [0, 0.05) is 24.7 Å². The zero-order valence-electron chi connectivity index (χ0n) is 15.3. The second-order valence-electron chi connectivity index (χ2n) is 6.54. The summed E-state index contributed by atoms with van der Waals surface area (Å²) in [4.78, 5) is 17.6. The van der Waals surface area contributed by atoms with Gasteiger partial charge in [-0.05, 0) is 66.3 Å². The summed E-state index contributed by atoms with van der Waals surface area (Å²) in [5.41, 5.74) is 5.03. The Labute approximate surface area is 158 Å². The van der Waals surface area contributed by atoms with E-state index in [-0.39, 0.29) is 5.56 Å². The van der Waals surface area contributed by atoms with Gasteiger partial charge in [0.1, 0.15) is 0 Å². The smallest absolute Gasteiger partial charge is 0.253 e. The zero-order valence-corrected chi connectivity index (χ0v) is 16.1. The molecule has 0 aliphatic carbocycles. The Balaban J connectivity index is 1.95. The number of aromatic nitrogens is 1. The number of aromatic amines is 1. The number of H-pyrrole nitrogens is 1. The van der Waals surface area contributed by atoms with Gasteiger partial charge in [-0.1, -0.05) is 30.3 Å². The quantitative estimate of drug-likeness (QED) is 0.693. The van der Waals surface area contributed by atoms with Gasteiger partial charge >= 0.3 is 0 Å². The number of aryl methyl sites for hydroxylation is 2. The molecular formula is C21H23N3OS. The summed E-state index contributed by atoms with van der Waals surface area (Å²) in [6.45, 7) is 5.23. The van der Waals surface area contributed by atoms with E-state index in [4.69, 9.17) is 12.2 Å². The number of fused-ring (bicyclic) bond motifs is 1. The van der Waals surface area contributed by atoms with Gasteiger partial charge in [0.15, 0.2) is 5.11 Å². The van der Waals surface area contributed by atoms with Crippen LogP contribution < -0.4 is 10.9 Å². The maximum Gasteiger partial charge on any atom is 0.253 e. The monoisotopic (exact) mass is 365 g/mol. The van der Waals surface area contributed by atoms with E-state index in [1.807, 2.05) is 42.2 Å². The molecule has 3 rings (SSSR count). The van der Waals surface area contributed by atoms with Gasteiger partial charge in [0.25, 0.3) is 5.56 Å². The number of hydrogen-bond acceptors (Lipinski definition) is 2. The summed E-state index contributed by atoms with van der Waals surface area (Å²) >= 11 is 5.45. The fourth-order valence-corrected chi connectivity index (χ4v) is 3.14. The first-order valence-electron chi connectivity index (χ1n) is 8.61. The molecule has 1 heterocycles. The van der Waals surface area contributed by atoms with Crippen molar-refractivity contribution in [3.05, 3.63) is 81.1 Å². The Hall–Kier alpha value is -2.66. The molecule has 5 heteroatoms. The number of nitrogens with zero attached hydrogens (tertiary/aromatic N) is 1. The lowest BCUT2D eigenvalue weighted by molar-refractivity contribution is 0.401. The van der Waals surface area contributed by atoms with Crippen molar-refractivity contribution in [1.82, 2.24) is 15.2 Å². The molecule has 3 aromatic rings. The molecule has 134 valence electrons. The highest BCUT2D eigenvalue weighted by Crippen LogP contribution is 2.18. The standard InChI is InChI=1S/C21H23N3OS/c1-14-9-17-11-18(20(25)23-19(17)10-15(14)2)13-24(21(26)22-3)12-16-7-5-4-6-8-16/h4-11H,12-13H2,1-3H3,(H,22,26)(H,23,25). The highest BCUT2D eigenvalue weighted by molar-refractivity contribution is 7.80. The van der Waals surface area contributed by atoms with Crippen LogP contribution in [0.1, 0.15) is 22.3 Å². The highest BCUT2D eigenvalue weighted by atomic mass is 32.1. The van der Waals surface area contributed by atoms with Gasteiger partial charge in [0.05, 0.1) is 6.54 Å². The molecule has 0 aliphatic heterocycles. The van der Waals surface area contributed by atoms with E-state index in [0.717, 1.165) is 16.5 Å². The van der Waals surface area contributed by atoms with E-state index in [0.29, 0.717) is 23.8 Å². The third-order valence-corrected chi connectivity index (χ3v) is 5.08. The van der Waals surface area contributed by atoms with E-state index in [2.05, 4.69) is 35.4 Å². The van der Waals surface area contributed by atoms with Crippen molar-refractivity contribution < 1.29 is 0 Å². The second kappa shape index (κ2) is 7.70. The Kier molecular flexibility index (Phi) is 5.38. The predicted octanol–water partition coefficient (Wildman–Crippen LogP) is 3.65. The topological polar surface area (TPSA) is 48.1 Å². The molecule has 4 nitrogen and oxygen atoms in total. The van der Waals surface area contributed by atoms with Crippen molar-refractivity contribution in [2.75, 3.05) is 7.05 Å². The summed E-state index contributed by atoms with van der Waals surface area (Å²) in [5, 5.41) is 4.68. The van der Waals surface area contributed by atoms with Crippen molar-refractivity contribution in [2.24, 2.45) is 0 Å². The molecule has 1 aromatic heterocycles. The van der Waals surface area contributed by atoms with Crippen LogP contribution in [-0.4, -0.2) is 22.0 Å². The van der Waals surface area contributed by atoms with Gasteiger partial charge in [0.2, 0.25) is 0 Å². The fraction of sp³-hybridized carbons (Fsp3) is 0.238.